The molecule has 2 aromatic rings. The number of aromatic nitrogens is 2. The van der Waals surface area contributed by atoms with Gasteiger partial charge >= 0.3 is 0 Å². The van der Waals surface area contributed by atoms with Crippen LogP contribution in [0.1, 0.15) is 13.0 Å². The number of anilines is 2. The molecular weight excluding hydrogens is 176 g/mol. The fourth-order valence-corrected chi connectivity index (χ4v) is 2.01. The summed E-state index contributed by atoms with van der Waals surface area (Å²) in [4.78, 5) is 4.48. The Morgan fingerprint density at radius 1 is 1.57 bits per heavy atom. The number of nitrogens with one attached hydrogen (secondary N) is 1. The number of benzene rings is 1. The van der Waals surface area contributed by atoms with E-state index >= 15 is 0 Å². The monoisotopic (exact) mass is 188 g/mol. The van der Waals surface area contributed by atoms with Gasteiger partial charge in [-0.3, -0.25) is 0 Å². The lowest BCUT2D eigenvalue weighted by molar-refractivity contribution is 0.649. The number of hydrogen-bond acceptors (Lipinski definition) is 3. The van der Waals surface area contributed by atoms with Crippen LogP contribution in [0.15, 0.2) is 18.2 Å². The van der Waals surface area contributed by atoms with Gasteiger partial charge in [0.2, 0.25) is 5.95 Å². The van der Waals surface area contributed by atoms with Gasteiger partial charge in [-0.25, -0.2) is 4.98 Å². The molecule has 1 atom stereocenters. The van der Waals surface area contributed by atoms with Crippen LogP contribution < -0.4 is 11.1 Å². The highest BCUT2D eigenvalue weighted by Gasteiger charge is 2.21. The van der Waals surface area contributed by atoms with Crippen molar-refractivity contribution in [2.24, 2.45) is 0 Å². The quantitative estimate of drug-likeness (QED) is 0.617. The van der Waals surface area contributed by atoms with Crippen LogP contribution in [0.5, 0.6) is 0 Å². The third-order valence-corrected chi connectivity index (χ3v) is 2.71. The minimum absolute atomic E-state index is 0.455. The lowest BCUT2D eigenvalue weighted by Crippen LogP contribution is -2.02. The van der Waals surface area contributed by atoms with Crippen LogP contribution in [0.4, 0.5) is 11.6 Å². The SMILES string of the molecule is CC1CNc2nc3ccc(N)cc3n21. The Bertz CT molecular complexity index is 500. The van der Waals surface area contributed by atoms with Gasteiger partial charge in [0.05, 0.1) is 17.1 Å². The topological polar surface area (TPSA) is 55.9 Å². The van der Waals surface area contributed by atoms with Gasteiger partial charge in [0.15, 0.2) is 0 Å². The van der Waals surface area contributed by atoms with E-state index in [4.69, 9.17) is 5.73 Å². The lowest BCUT2D eigenvalue weighted by atomic mass is 10.2. The van der Waals surface area contributed by atoms with Crippen LogP contribution in [0, 0.1) is 0 Å². The third-order valence-electron chi connectivity index (χ3n) is 2.71. The van der Waals surface area contributed by atoms with Crippen molar-refractivity contribution in [3.8, 4) is 0 Å². The van der Waals surface area contributed by atoms with E-state index < -0.39 is 0 Å². The highest BCUT2D eigenvalue weighted by atomic mass is 15.3. The number of nitrogens with zero attached hydrogens (tertiary/aromatic N) is 2. The second-order valence-corrected chi connectivity index (χ2v) is 3.78. The molecule has 1 unspecified atom stereocenters. The standard InChI is InChI=1S/C10H12N4/c1-6-5-12-10-13-8-3-2-7(11)4-9(8)14(6)10/h2-4,6H,5,11H2,1H3,(H,12,13). The Hall–Kier alpha value is -1.71. The number of nitrogens with two attached hydrogens (primary N) is 1. The van der Waals surface area contributed by atoms with Gasteiger partial charge in [0.25, 0.3) is 0 Å². The molecule has 0 saturated heterocycles. The zero-order valence-corrected chi connectivity index (χ0v) is 7.99. The molecule has 4 nitrogen and oxygen atoms in total. The Morgan fingerprint density at radius 2 is 2.43 bits per heavy atom. The van der Waals surface area contributed by atoms with E-state index in [0.29, 0.717) is 6.04 Å². The molecule has 0 saturated carbocycles. The van der Waals surface area contributed by atoms with E-state index in [0.717, 1.165) is 29.2 Å². The van der Waals surface area contributed by atoms with Gasteiger partial charge in [-0.1, -0.05) is 0 Å². The summed E-state index contributed by atoms with van der Waals surface area (Å²) < 4.78 is 2.20. The van der Waals surface area contributed by atoms with E-state index in [1.807, 2.05) is 18.2 Å². The first-order valence-corrected chi connectivity index (χ1v) is 4.77. The minimum atomic E-state index is 0.455. The summed E-state index contributed by atoms with van der Waals surface area (Å²) in [5.74, 6) is 0.957. The van der Waals surface area contributed by atoms with Gasteiger partial charge < -0.3 is 15.6 Å². The van der Waals surface area contributed by atoms with Gasteiger partial charge in [0, 0.05) is 12.2 Å². The summed E-state index contributed by atoms with van der Waals surface area (Å²) in [6.07, 6.45) is 0. The van der Waals surface area contributed by atoms with Crippen LogP contribution in [-0.4, -0.2) is 16.1 Å². The minimum Gasteiger partial charge on any atom is -0.399 e. The predicted octanol–water partition coefficient (Wildman–Crippen LogP) is 1.60. The maximum Gasteiger partial charge on any atom is 0.204 e. The molecule has 0 radical (unpaired) electrons. The fraction of sp³-hybridized carbons (Fsp3) is 0.300. The first kappa shape index (κ1) is 7.67. The maximum atomic E-state index is 5.76. The van der Waals surface area contributed by atoms with Crippen LogP contribution >= 0.6 is 0 Å². The van der Waals surface area contributed by atoms with Gasteiger partial charge in [-0.2, -0.15) is 0 Å². The van der Waals surface area contributed by atoms with Crippen molar-refractivity contribution >= 4 is 22.7 Å². The Kier molecular flexibility index (Phi) is 1.32. The number of rotatable bonds is 0. The molecule has 0 bridgehead atoms. The van der Waals surface area contributed by atoms with Gasteiger partial charge in [-0.05, 0) is 25.1 Å². The molecule has 0 amide bonds. The van der Waals surface area contributed by atoms with Crippen molar-refractivity contribution < 1.29 is 0 Å². The van der Waals surface area contributed by atoms with Crippen LogP contribution in [-0.2, 0) is 0 Å². The van der Waals surface area contributed by atoms with Crippen molar-refractivity contribution in [3.63, 3.8) is 0 Å². The smallest absolute Gasteiger partial charge is 0.204 e. The van der Waals surface area contributed by atoms with E-state index in [-0.39, 0.29) is 0 Å². The van der Waals surface area contributed by atoms with Gasteiger partial charge in [-0.15, -0.1) is 0 Å². The van der Waals surface area contributed by atoms with Crippen LogP contribution in [0.25, 0.3) is 11.0 Å². The maximum absolute atomic E-state index is 5.76. The lowest BCUT2D eigenvalue weighted by Gasteiger charge is -2.05. The van der Waals surface area contributed by atoms with Crippen molar-refractivity contribution in [3.05, 3.63) is 18.2 Å². The van der Waals surface area contributed by atoms with Crippen molar-refractivity contribution in [2.75, 3.05) is 17.6 Å². The third kappa shape index (κ3) is 0.852. The summed E-state index contributed by atoms with van der Waals surface area (Å²) in [5.41, 5.74) is 8.68. The zero-order chi connectivity index (χ0) is 9.71. The zero-order valence-electron chi connectivity index (χ0n) is 7.99. The summed E-state index contributed by atoms with van der Waals surface area (Å²) in [5, 5.41) is 3.27. The molecule has 0 fully saturated rings. The Morgan fingerprint density at radius 3 is 3.29 bits per heavy atom. The summed E-state index contributed by atoms with van der Waals surface area (Å²) in [6, 6.07) is 6.28. The predicted molar refractivity (Wildman–Crippen MR) is 57.3 cm³/mol. The molecule has 4 heteroatoms. The van der Waals surface area contributed by atoms with Crippen molar-refractivity contribution in [1.29, 1.82) is 0 Å². The largest absolute Gasteiger partial charge is 0.399 e. The molecule has 1 aliphatic heterocycles. The first-order chi connectivity index (χ1) is 6.75. The molecule has 3 N–H and O–H groups in total. The highest BCUT2D eigenvalue weighted by molar-refractivity contribution is 5.82. The second-order valence-electron chi connectivity index (χ2n) is 3.78. The second kappa shape index (κ2) is 2.41. The molecular formula is C10H12N4. The fourth-order valence-electron chi connectivity index (χ4n) is 2.01. The molecule has 72 valence electrons. The molecule has 14 heavy (non-hydrogen) atoms. The van der Waals surface area contributed by atoms with Crippen LogP contribution in [0.3, 0.4) is 0 Å². The average Bonchev–Trinajstić information content (AvgIpc) is 2.67. The molecule has 1 aromatic heterocycles. The van der Waals surface area contributed by atoms with Gasteiger partial charge in [0.1, 0.15) is 0 Å². The number of nitrogen functional groups attached to an aromatic ring is 1. The molecule has 2 heterocycles. The van der Waals surface area contributed by atoms with E-state index in [2.05, 4.69) is 21.8 Å². The highest BCUT2D eigenvalue weighted by Crippen LogP contribution is 2.29. The summed E-state index contributed by atoms with van der Waals surface area (Å²) >= 11 is 0. The number of imidazole rings is 1. The van der Waals surface area contributed by atoms with E-state index in [1.165, 1.54) is 0 Å². The average molecular weight is 188 g/mol. The number of hydrogen-bond donors (Lipinski definition) is 2. The Labute approximate surface area is 81.7 Å². The normalized spacial score (nSPS) is 19.6. The van der Waals surface area contributed by atoms with Crippen molar-refractivity contribution in [2.45, 2.75) is 13.0 Å². The summed E-state index contributed by atoms with van der Waals surface area (Å²) in [7, 11) is 0. The molecule has 3 rings (SSSR count). The molecule has 0 aliphatic carbocycles. The van der Waals surface area contributed by atoms with E-state index in [1.54, 1.807) is 0 Å². The van der Waals surface area contributed by atoms with Crippen molar-refractivity contribution in [1.82, 2.24) is 9.55 Å². The van der Waals surface area contributed by atoms with Crippen LogP contribution in [0.2, 0.25) is 0 Å². The molecule has 1 aliphatic rings. The van der Waals surface area contributed by atoms with E-state index in [9.17, 15) is 0 Å². The molecule has 1 aromatic carbocycles. The molecule has 0 spiro atoms. The first-order valence-electron chi connectivity index (χ1n) is 4.77. The summed E-state index contributed by atoms with van der Waals surface area (Å²) in [6.45, 7) is 3.13. The number of fused-ring (bicyclic) bond motifs is 3. The Balaban J connectivity index is 2.38.